The van der Waals surface area contributed by atoms with Gasteiger partial charge in [-0.15, -0.1) is 12.4 Å². The summed E-state index contributed by atoms with van der Waals surface area (Å²) in [6.45, 7) is 1.90. The standard InChI is InChI=1S/C32H35ClN4O2.ClH/c33-27-12-6-4-10-24(27)20-36-30(38)19-28(34)32(39)31(26-21-35-29-13-7-5-11-25(26)29)37-16-14-23(15-17-37)18-22-8-2-1-3-9-22;/h1-13,21,23,28,31,35H,14-20,34H2,(H,36,38);1H. The number of aromatic amines is 1. The van der Waals surface area contributed by atoms with Crippen molar-refractivity contribution in [2.24, 2.45) is 11.7 Å². The van der Waals surface area contributed by atoms with Gasteiger partial charge in [-0.3, -0.25) is 14.5 Å². The van der Waals surface area contributed by atoms with Crippen LogP contribution >= 0.6 is 24.0 Å². The van der Waals surface area contributed by atoms with Gasteiger partial charge in [-0.25, -0.2) is 0 Å². The van der Waals surface area contributed by atoms with E-state index in [0.29, 0.717) is 17.5 Å². The molecule has 0 spiro atoms. The molecule has 1 fully saturated rings. The number of fused-ring (bicyclic) bond motifs is 1. The summed E-state index contributed by atoms with van der Waals surface area (Å²) in [5, 5.41) is 4.46. The third-order valence-corrected chi connectivity index (χ3v) is 8.14. The maximum absolute atomic E-state index is 13.9. The summed E-state index contributed by atoms with van der Waals surface area (Å²) in [5.74, 6) is 0.177. The number of piperidine rings is 1. The van der Waals surface area contributed by atoms with Crippen LogP contribution < -0.4 is 11.1 Å². The van der Waals surface area contributed by atoms with Gasteiger partial charge in [-0.05, 0) is 61.5 Å². The minimum Gasteiger partial charge on any atom is -0.361 e. The third kappa shape index (κ3) is 7.12. The second-order valence-electron chi connectivity index (χ2n) is 10.4. The number of nitrogens with one attached hydrogen (secondary N) is 2. The number of aromatic nitrogens is 1. The van der Waals surface area contributed by atoms with E-state index in [0.717, 1.165) is 54.4 Å². The van der Waals surface area contributed by atoms with Crippen LogP contribution in [-0.2, 0) is 22.6 Å². The molecule has 40 heavy (non-hydrogen) atoms. The zero-order chi connectivity index (χ0) is 27.2. The third-order valence-electron chi connectivity index (χ3n) is 7.77. The number of carbonyl (C=O) groups is 2. The van der Waals surface area contributed by atoms with Gasteiger partial charge in [0.15, 0.2) is 5.78 Å². The SMILES string of the molecule is Cl.NC(CC(=O)NCc1ccccc1Cl)C(=O)C(c1c[nH]c2ccccc12)N1CCC(Cc2ccccc2)CC1. The number of rotatable bonds is 10. The first-order valence-electron chi connectivity index (χ1n) is 13.6. The van der Waals surface area contributed by atoms with E-state index in [1.54, 1.807) is 6.07 Å². The molecule has 0 aliphatic carbocycles. The van der Waals surface area contributed by atoms with Crippen molar-refractivity contribution in [3.8, 4) is 0 Å². The Morgan fingerprint density at radius 2 is 1.65 bits per heavy atom. The summed E-state index contributed by atoms with van der Waals surface area (Å²) < 4.78 is 0. The van der Waals surface area contributed by atoms with E-state index < -0.39 is 12.1 Å². The molecule has 2 heterocycles. The number of amides is 1. The summed E-state index contributed by atoms with van der Waals surface area (Å²) in [6, 6.07) is 24.5. The fourth-order valence-electron chi connectivity index (χ4n) is 5.62. The van der Waals surface area contributed by atoms with Crippen molar-refractivity contribution < 1.29 is 9.59 Å². The number of likely N-dealkylation sites (tertiary alicyclic amines) is 1. The van der Waals surface area contributed by atoms with Gasteiger partial charge in [0.2, 0.25) is 5.91 Å². The van der Waals surface area contributed by atoms with Crippen LogP contribution in [-0.4, -0.2) is 40.7 Å². The van der Waals surface area contributed by atoms with Crippen LogP contribution in [0.2, 0.25) is 5.02 Å². The zero-order valence-electron chi connectivity index (χ0n) is 22.4. The lowest BCUT2D eigenvalue weighted by molar-refractivity contribution is -0.130. The Morgan fingerprint density at radius 1 is 0.975 bits per heavy atom. The highest BCUT2D eigenvalue weighted by Crippen LogP contribution is 2.34. The Kier molecular flexibility index (Phi) is 10.4. The number of halogens is 2. The largest absolute Gasteiger partial charge is 0.361 e. The summed E-state index contributed by atoms with van der Waals surface area (Å²) in [4.78, 5) is 32.3. The number of carbonyl (C=O) groups excluding carboxylic acids is 2. The Hall–Kier alpha value is -3.16. The fourth-order valence-corrected chi connectivity index (χ4v) is 5.83. The van der Waals surface area contributed by atoms with E-state index in [9.17, 15) is 9.59 Å². The second kappa shape index (κ2) is 14.0. The number of para-hydroxylation sites is 1. The molecule has 1 aliphatic rings. The molecule has 210 valence electrons. The lowest BCUT2D eigenvalue weighted by Gasteiger charge is -2.37. The highest BCUT2D eigenvalue weighted by atomic mass is 35.5. The van der Waals surface area contributed by atoms with Crippen LogP contribution in [0.1, 0.15) is 42.0 Å². The zero-order valence-corrected chi connectivity index (χ0v) is 24.0. The molecule has 2 unspecified atom stereocenters. The molecule has 4 aromatic rings. The van der Waals surface area contributed by atoms with E-state index in [1.807, 2.05) is 54.7 Å². The summed E-state index contributed by atoms with van der Waals surface area (Å²) in [7, 11) is 0. The van der Waals surface area contributed by atoms with E-state index in [2.05, 4.69) is 39.5 Å². The normalized spacial score (nSPS) is 15.8. The van der Waals surface area contributed by atoms with Crippen LogP contribution in [0.4, 0.5) is 0 Å². The van der Waals surface area contributed by atoms with Gasteiger partial charge in [0, 0.05) is 40.7 Å². The first kappa shape index (κ1) is 29.8. The smallest absolute Gasteiger partial charge is 0.222 e. The number of H-pyrrole nitrogens is 1. The van der Waals surface area contributed by atoms with Crippen molar-refractivity contribution in [2.45, 2.75) is 44.3 Å². The van der Waals surface area contributed by atoms with Crippen LogP contribution in [0.25, 0.3) is 10.9 Å². The van der Waals surface area contributed by atoms with E-state index >= 15 is 0 Å². The van der Waals surface area contributed by atoms with Crippen LogP contribution in [0.5, 0.6) is 0 Å². The van der Waals surface area contributed by atoms with Gasteiger partial charge in [-0.2, -0.15) is 0 Å². The predicted molar refractivity (Wildman–Crippen MR) is 164 cm³/mol. The molecule has 8 heteroatoms. The van der Waals surface area contributed by atoms with Gasteiger partial charge in [-0.1, -0.05) is 78.3 Å². The molecule has 0 radical (unpaired) electrons. The minimum atomic E-state index is -0.919. The van der Waals surface area contributed by atoms with Crippen molar-refractivity contribution in [1.82, 2.24) is 15.2 Å². The Labute approximate surface area is 246 Å². The van der Waals surface area contributed by atoms with Crippen molar-refractivity contribution in [1.29, 1.82) is 0 Å². The molecular formula is C32H36Cl2N4O2. The van der Waals surface area contributed by atoms with Crippen LogP contribution in [0.3, 0.4) is 0 Å². The van der Waals surface area contributed by atoms with Crippen molar-refractivity contribution in [2.75, 3.05) is 13.1 Å². The van der Waals surface area contributed by atoms with Gasteiger partial charge in [0.05, 0.1) is 12.1 Å². The monoisotopic (exact) mass is 578 g/mol. The number of hydrogen-bond donors (Lipinski definition) is 3. The molecule has 0 bridgehead atoms. The molecule has 3 aromatic carbocycles. The highest BCUT2D eigenvalue weighted by molar-refractivity contribution is 6.31. The van der Waals surface area contributed by atoms with E-state index in [-0.39, 0.29) is 30.5 Å². The van der Waals surface area contributed by atoms with Gasteiger partial charge >= 0.3 is 0 Å². The van der Waals surface area contributed by atoms with Crippen molar-refractivity contribution >= 4 is 46.6 Å². The first-order valence-corrected chi connectivity index (χ1v) is 14.0. The van der Waals surface area contributed by atoms with Crippen LogP contribution in [0, 0.1) is 5.92 Å². The maximum Gasteiger partial charge on any atom is 0.222 e. The molecule has 6 nitrogen and oxygen atoms in total. The van der Waals surface area contributed by atoms with Gasteiger partial charge in [0.1, 0.15) is 0 Å². The summed E-state index contributed by atoms with van der Waals surface area (Å²) in [5.41, 5.74) is 10.5. The lowest BCUT2D eigenvalue weighted by Crippen LogP contribution is -2.47. The Bertz CT molecular complexity index is 1420. The maximum atomic E-state index is 13.9. The number of benzene rings is 3. The second-order valence-corrected chi connectivity index (χ2v) is 10.8. The first-order chi connectivity index (χ1) is 19.0. The molecule has 1 saturated heterocycles. The number of nitrogens with zero attached hydrogens (tertiary/aromatic N) is 1. The molecule has 2 atom stereocenters. The minimum absolute atomic E-state index is 0. The van der Waals surface area contributed by atoms with Gasteiger partial charge in [0.25, 0.3) is 0 Å². The molecule has 0 saturated carbocycles. The van der Waals surface area contributed by atoms with Gasteiger partial charge < -0.3 is 16.0 Å². The molecule has 1 amide bonds. The molecule has 1 aromatic heterocycles. The highest BCUT2D eigenvalue weighted by Gasteiger charge is 2.35. The number of nitrogens with two attached hydrogens (primary N) is 1. The molecule has 1 aliphatic heterocycles. The lowest BCUT2D eigenvalue weighted by atomic mass is 9.87. The molecule has 4 N–H and O–H groups in total. The number of Topliss-reactive ketones (excluding diaryl/α,β-unsaturated/α-hetero) is 1. The van der Waals surface area contributed by atoms with Crippen molar-refractivity contribution in [3.63, 3.8) is 0 Å². The van der Waals surface area contributed by atoms with E-state index in [1.165, 1.54) is 5.56 Å². The summed E-state index contributed by atoms with van der Waals surface area (Å²) >= 11 is 6.21. The Morgan fingerprint density at radius 3 is 2.40 bits per heavy atom. The Balaban J connectivity index is 0.00000370. The average Bonchev–Trinajstić information content (AvgIpc) is 3.38. The topological polar surface area (TPSA) is 91.2 Å². The quantitative estimate of drug-likeness (QED) is 0.220. The average molecular weight is 580 g/mol. The predicted octanol–water partition coefficient (Wildman–Crippen LogP) is 5.84. The number of hydrogen-bond acceptors (Lipinski definition) is 4. The van der Waals surface area contributed by atoms with Crippen molar-refractivity contribution in [3.05, 3.63) is 107 Å². The number of ketones is 1. The molecular weight excluding hydrogens is 543 g/mol. The molecule has 5 rings (SSSR count). The van der Waals surface area contributed by atoms with E-state index in [4.69, 9.17) is 17.3 Å². The summed E-state index contributed by atoms with van der Waals surface area (Å²) in [6.07, 6.45) is 4.91. The fraction of sp³-hybridized carbons (Fsp3) is 0.312. The van der Waals surface area contributed by atoms with Crippen LogP contribution in [0.15, 0.2) is 85.1 Å².